The summed E-state index contributed by atoms with van der Waals surface area (Å²) in [7, 11) is 0. The summed E-state index contributed by atoms with van der Waals surface area (Å²) in [5.41, 5.74) is 5.50. The third-order valence-electron chi connectivity index (χ3n) is 6.30. The molecule has 2 amide bonds. The van der Waals surface area contributed by atoms with Crippen molar-refractivity contribution in [3.8, 4) is 0 Å². The van der Waals surface area contributed by atoms with Crippen molar-refractivity contribution in [2.75, 3.05) is 32.7 Å². The summed E-state index contributed by atoms with van der Waals surface area (Å²) in [5.74, 6) is 1.20. The zero-order chi connectivity index (χ0) is 17.7. The maximum Gasteiger partial charge on any atom is 0.230 e. The number of nitrogens with zero attached hydrogens (tertiary/aromatic N) is 2. The lowest BCUT2D eigenvalue weighted by molar-refractivity contribution is -0.147. The van der Waals surface area contributed by atoms with Crippen LogP contribution >= 0.6 is 0 Å². The van der Waals surface area contributed by atoms with Crippen molar-refractivity contribution in [3.05, 3.63) is 0 Å². The maximum absolute atomic E-state index is 12.9. The molecule has 5 nitrogen and oxygen atoms in total. The van der Waals surface area contributed by atoms with Gasteiger partial charge in [0.15, 0.2) is 0 Å². The first-order chi connectivity index (χ1) is 11.5. The van der Waals surface area contributed by atoms with Gasteiger partial charge in [-0.2, -0.15) is 0 Å². The fourth-order valence-electron chi connectivity index (χ4n) is 4.24. The van der Waals surface area contributed by atoms with Gasteiger partial charge in [0.1, 0.15) is 0 Å². The number of amides is 2. The number of hydrogen-bond acceptors (Lipinski definition) is 3. The van der Waals surface area contributed by atoms with Crippen molar-refractivity contribution in [1.29, 1.82) is 0 Å². The summed E-state index contributed by atoms with van der Waals surface area (Å²) < 4.78 is 0. The maximum atomic E-state index is 12.9. The van der Waals surface area contributed by atoms with Gasteiger partial charge in [-0.25, -0.2) is 0 Å². The third kappa shape index (κ3) is 3.93. The van der Waals surface area contributed by atoms with Crippen LogP contribution in [-0.4, -0.2) is 54.3 Å². The molecule has 0 aromatic rings. The summed E-state index contributed by atoms with van der Waals surface area (Å²) in [6, 6.07) is 0. The van der Waals surface area contributed by atoms with Gasteiger partial charge in [-0.05, 0) is 44.4 Å². The Bertz CT molecular complexity index is 432. The predicted molar refractivity (Wildman–Crippen MR) is 96.4 cm³/mol. The van der Waals surface area contributed by atoms with E-state index in [9.17, 15) is 9.59 Å². The fourth-order valence-corrected chi connectivity index (χ4v) is 4.24. The van der Waals surface area contributed by atoms with E-state index >= 15 is 0 Å². The summed E-state index contributed by atoms with van der Waals surface area (Å²) in [4.78, 5) is 29.6. The van der Waals surface area contributed by atoms with Crippen LogP contribution in [0.15, 0.2) is 0 Å². The van der Waals surface area contributed by atoms with E-state index in [1.807, 2.05) is 18.7 Å². The molecule has 0 aromatic carbocycles. The molecule has 0 aromatic heterocycles. The third-order valence-corrected chi connectivity index (χ3v) is 6.30. The normalized spacial score (nSPS) is 23.4. The van der Waals surface area contributed by atoms with E-state index in [1.165, 1.54) is 6.42 Å². The van der Waals surface area contributed by atoms with Gasteiger partial charge in [0.25, 0.3) is 0 Å². The molecule has 0 aliphatic carbocycles. The highest BCUT2D eigenvalue weighted by Crippen LogP contribution is 2.31. The van der Waals surface area contributed by atoms with E-state index in [1.54, 1.807) is 0 Å². The lowest BCUT2D eigenvalue weighted by Crippen LogP contribution is -2.52. The first kappa shape index (κ1) is 19.2. The Labute approximate surface area is 146 Å². The quantitative estimate of drug-likeness (QED) is 0.837. The van der Waals surface area contributed by atoms with Gasteiger partial charge in [0.05, 0.1) is 5.41 Å². The molecule has 24 heavy (non-hydrogen) atoms. The minimum absolute atomic E-state index is 0.0925. The fraction of sp³-hybridized carbons (Fsp3) is 0.895. The second-order valence-electron chi connectivity index (χ2n) is 7.79. The van der Waals surface area contributed by atoms with E-state index in [0.29, 0.717) is 31.5 Å². The molecule has 0 bridgehead atoms. The first-order valence-corrected chi connectivity index (χ1v) is 9.75. The number of likely N-dealkylation sites (tertiary alicyclic amines) is 2. The molecule has 138 valence electrons. The van der Waals surface area contributed by atoms with Crippen LogP contribution in [0.5, 0.6) is 0 Å². The zero-order valence-electron chi connectivity index (χ0n) is 15.7. The van der Waals surface area contributed by atoms with Crippen LogP contribution < -0.4 is 5.73 Å². The first-order valence-electron chi connectivity index (χ1n) is 9.75. The van der Waals surface area contributed by atoms with Gasteiger partial charge in [-0.15, -0.1) is 0 Å². The standard InChI is InChI=1S/C19H35N3O2/c1-4-19(5-2,14-20)18(24)21-11-8-16(9-12-21)17(23)22-10-6-7-15(3)13-22/h15-16H,4-14,20H2,1-3H3. The van der Waals surface area contributed by atoms with E-state index in [0.717, 1.165) is 45.2 Å². The molecule has 0 radical (unpaired) electrons. The number of nitrogens with two attached hydrogens (primary N) is 1. The molecule has 2 saturated heterocycles. The highest BCUT2D eigenvalue weighted by atomic mass is 16.2. The minimum Gasteiger partial charge on any atom is -0.342 e. The smallest absolute Gasteiger partial charge is 0.230 e. The Kier molecular flexibility index (Phi) is 6.67. The summed E-state index contributed by atoms with van der Waals surface area (Å²) in [5, 5.41) is 0. The van der Waals surface area contributed by atoms with Crippen molar-refractivity contribution < 1.29 is 9.59 Å². The zero-order valence-corrected chi connectivity index (χ0v) is 15.7. The van der Waals surface area contributed by atoms with E-state index in [2.05, 4.69) is 11.8 Å². The van der Waals surface area contributed by atoms with Crippen molar-refractivity contribution >= 4 is 11.8 Å². The van der Waals surface area contributed by atoms with Crippen LogP contribution in [0.1, 0.15) is 59.3 Å². The van der Waals surface area contributed by atoms with E-state index in [-0.39, 0.29) is 11.8 Å². The molecule has 0 saturated carbocycles. The second-order valence-corrected chi connectivity index (χ2v) is 7.79. The number of carbonyl (C=O) groups is 2. The Hall–Kier alpha value is -1.10. The molecule has 5 heteroatoms. The van der Waals surface area contributed by atoms with Crippen molar-refractivity contribution in [1.82, 2.24) is 9.80 Å². The largest absolute Gasteiger partial charge is 0.342 e. The molecule has 2 heterocycles. The minimum atomic E-state index is -0.418. The number of carbonyl (C=O) groups excluding carboxylic acids is 2. The lowest BCUT2D eigenvalue weighted by atomic mass is 9.80. The van der Waals surface area contributed by atoms with Gasteiger partial charge in [0.2, 0.25) is 11.8 Å². The Morgan fingerprint density at radius 1 is 1.04 bits per heavy atom. The summed E-state index contributed by atoms with van der Waals surface area (Å²) >= 11 is 0. The van der Waals surface area contributed by atoms with Crippen LogP contribution in [0.2, 0.25) is 0 Å². The number of piperidine rings is 2. The van der Waals surface area contributed by atoms with Crippen molar-refractivity contribution in [2.45, 2.75) is 59.3 Å². The van der Waals surface area contributed by atoms with Crippen LogP contribution in [0.3, 0.4) is 0 Å². The SMILES string of the molecule is CCC(CC)(CN)C(=O)N1CCC(C(=O)N2CCCC(C)C2)CC1. The summed E-state index contributed by atoms with van der Waals surface area (Å²) in [6.45, 7) is 9.92. The topological polar surface area (TPSA) is 66.6 Å². The molecular weight excluding hydrogens is 302 g/mol. The van der Waals surface area contributed by atoms with Crippen LogP contribution in [0, 0.1) is 17.3 Å². The highest BCUT2D eigenvalue weighted by molar-refractivity contribution is 5.84. The van der Waals surface area contributed by atoms with E-state index in [4.69, 9.17) is 5.73 Å². The second kappa shape index (κ2) is 8.32. The average Bonchev–Trinajstić information content (AvgIpc) is 2.63. The molecular formula is C19H35N3O2. The van der Waals surface area contributed by atoms with Crippen LogP contribution in [-0.2, 0) is 9.59 Å². The van der Waals surface area contributed by atoms with Gasteiger partial charge in [-0.1, -0.05) is 20.8 Å². The van der Waals surface area contributed by atoms with Crippen LogP contribution in [0.25, 0.3) is 0 Å². The molecule has 2 aliphatic heterocycles. The Balaban J connectivity index is 1.91. The monoisotopic (exact) mass is 337 g/mol. The molecule has 2 fully saturated rings. The number of hydrogen-bond donors (Lipinski definition) is 1. The van der Waals surface area contributed by atoms with Gasteiger partial charge < -0.3 is 15.5 Å². The van der Waals surface area contributed by atoms with Crippen LogP contribution in [0.4, 0.5) is 0 Å². The predicted octanol–water partition coefficient (Wildman–Crippen LogP) is 2.25. The van der Waals surface area contributed by atoms with E-state index < -0.39 is 5.41 Å². The Morgan fingerprint density at radius 3 is 2.17 bits per heavy atom. The molecule has 1 unspecified atom stereocenters. The lowest BCUT2D eigenvalue weighted by Gasteiger charge is -2.40. The molecule has 2 N–H and O–H groups in total. The van der Waals surface area contributed by atoms with Crippen molar-refractivity contribution in [3.63, 3.8) is 0 Å². The Morgan fingerprint density at radius 2 is 1.67 bits per heavy atom. The highest BCUT2D eigenvalue weighted by Gasteiger charge is 2.39. The molecule has 1 atom stereocenters. The van der Waals surface area contributed by atoms with Crippen molar-refractivity contribution in [2.24, 2.45) is 23.0 Å². The van der Waals surface area contributed by atoms with Gasteiger partial charge in [-0.3, -0.25) is 9.59 Å². The molecule has 0 spiro atoms. The average molecular weight is 338 g/mol. The molecule has 2 aliphatic rings. The van der Waals surface area contributed by atoms with Gasteiger partial charge in [0, 0.05) is 38.6 Å². The molecule has 2 rings (SSSR count). The van der Waals surface area contributed by atoms with Gasteiger partial charge >= 0.3 is 0 Å². The summed E-state index contributed by atoms with van der Waals surface area (Å²) in [6.07, 6.45) is 5.50. The number of rotatable bonds is 5.